The summed E-state index contributed by atoms with van der Waals surface area (Å²) in [7, 11) is 0. The Morgan fingerprint density at radius 2 is 1.47 bits per heavy atom. The molecule has 0 atom stereocenters. The van der Waals surface area contributed by atoms with Gasteiger partial charge in [-0.15, -0.1) is 0 Å². The Kier molecular flexibility index (Phi) is 37.4. The van der Waals surface area contributed by atoms with Gasteiger partial charge in [0.1, 0.15) is 0 Å². The van der Waals surface area contributed by atoms with Crippen LogP contribution >= 0.6 is 0 Å². The van der Waals surface area contributed by atoms with Crippen molar-refractivity contribution in [3.8, 4) is 12.5 Å². The largest absolute Gasteiger partial charge is 0.394 e. The molecule has 104 valence electrons. The van der Waals surface area contributed by atoms with Crippen LogP contribution in [0.3, 0.4) is 0 Å². The molecule has 0 aliphatic rings. The molecule has 3 heteroatoms. The van der Waals surface area contributed by atoms with Crippen molar-refractivity contribution in [2.45, 2.75) is 53.4 Å². The number of aliphatic hydroxyl groups excluding tert-OH is 1. The molecule has 0 heterocycles. The quantitative estimate of drug-likeness (QED) is 0.412. The van der Waals surface area contributed by atoms with Gasteiger partial charge >= 0.3 is 0 Å². The lowest BCUT2D eigenvalue weighted by molar-refractivity contribution is 0.0956. The van der Waals surface area contributed by atoms with Crippen LogP contribution in [0, 0.1) is 12.5 Å². The third-order valence-electron chi connectivity index (χ3n) is 1.71. The maximum atomic E-state index is 8.24. The molecule has 0 saturated carbocycles. The molecule has 0 saturated heterocycles. The molecule has 0 fully saturated rings. The fraction of sp³-hybridized carbons (Fsp3) is 0.857. The first kappa shape index (κ1) is 21.6. The zero-order chi connectivity index (χ0) is 13.8. The molecule has 0 aromatic carbocycles. The summed E-state index contributed by atoms with van der Waals surface area (Å²) in [6.45, 7) is 10.4. The topological polar surface area (TPSA) is 41.5 Å². The van der Waals surface area contributed by atoms with E-state index in [9.17, 15) is 0 Å². The van der Waals surface area contributed by atoms with E-state index in [1.165, 1.54) is 25.7 Å². The molecule has 0 aromatic rings. The average molecular weight is 245 g/mol. The molecule has 0 unspecified atom stereocenters. The van der Waals surface area contributed by atoms with E-state index in [2.05, 4.69) is 39.1 Å². The molecule has 0 aromatic heterocycles. The minimum absolute atomic E-state index is 0.0655. The highest BCUT2D eigenvalue weighted by atomic mass is 16.5. The van der Waals surface area contributed by atoms with Gasteiger partial charge < -0.3 is 15.2 Å². The van der Waals surface area contributed by atoms with E-state index in [1.54, 1.807) is 0 Å². The zero-order valence-corrected chi connectivity index (χ0v) is 12.1. The monoisotopic (exact) mass is 245 g/mol. The number of terminal acetylenes is 1. The normalized spacial score (nSPS) is 8.00. The molecule has 0 aliphatic carbocycles. The first-order valence-electron chi connectivity index (χ1n) is 6.61. The van der Waals surface area contributed by atoms with Crippen LogP contribution in [-0.4, -0.2) is 31.5 Å². The summed E-state index contributed by atoms with van der Waals surface area (Å²) in [4.78, 5) is 0. The summed E-state index contributed by atoms with van der Waals surface area (Å²) in [5.74, 6) is 0. The Morgan fingerprint density at radius 1 is 1.00 bits per heavy atom. The first-order chi connectivity index (χ1) is 8.24. The summed E-state index contributed by atoms with van der Waals surface area (Å²) in [5.41, 5.74) is 0. The number of aliphatic hydroxyl groups is 1. The van der Waals surface area contributed by atoms with Crippen LogP contribution < -0.4 is 5.32 Å². The van der Waals surface area contributed by atoms with Gasteiger partial charge in [0.15, 0.2) is 0 Å². The molecule has 0 aliphatic heterocycles. The fourth-order valence-corrected chi connectivity index (χ4v) is 0.362. The number of rotatable bonds is 7. The Hall–Kier alpha value is -0.720. The van der Waals surface area contributed by atoms with Gasteiger partial charge in [0.05, 0.1) is 19.8 Å². The summed E-state index contributed by atoms with van der Waals surface area (Å²) < 4.78 is 4.88. The van der Waals surface area contributed by atoms with E-state index < -0.39 is 0 Å². The van der Waals surface area contributed by atoms with E-state index in [-0.39, 0.29) is 6.61 Å². The maximum absolute atomic E-state index is 8.24. The highest BCUT2D eigenvalue weighted by molar-refractivity contribution is 4.78. The van der Waals surface area contributed by atoms with Crippen LogP contribution in [0.15, 0.2) is 0 Å². The van der Waals surface area contributed by atoms with Gasteiger partial charge in [-0.05, 0) is 0 Å². The Bertz CT molecular complexity index is 125. The van der Waals surface area contributed by atoms with Crippen LogP contribution in [0.25, 0.3) is 0 Å². The van der Waals surface area contributed by atoms with E-state index >= 15 is 0 Å². The molecule has 2 N–H and O–H groups in total. The number of unbranched alkanes of at least 4 members (excludes halogenated alkanes) is 2. The van der Waals surface area contributed by atoms with Gasteiger partial charge in [0.25, 0.3) is 0 Å². The molecule has 17 heavy (non-hydrogen) atoms. The molecule has 0 spiro atoms. The Labute approximate surface area is 108 Å². The Morgan fingerprint density at radius 3 is 1.76 bits per heavy atom. The van der Waals surface area contributed by atoms with Gasteiger partial charge in [-0.3, -0.25) is 0 Å². The van der Waals surface area contributed by atoms with Gasteiger partial charge in [0, 0.05) is 12.6 Å². The lowest BCUT2D eigenvalue weighted by atomic mass is 10.4. The SMILES string of the molecule is C#CNCCOCCO.CCCC.CCCC. The van der Waals surface area contributed by atoms with E-state index in [0.717, 1.165) is 0 Å². The lowest BCUT2D eigenvalue weighted by Gasteiger charge is -1.98. The minimum Gasteiger partial charge on any atom is -0.394 e. The molecular weight excluding hydrogens is 214 g/mol. The predicted molar refractivity (Wildman–Crippen MR) is 75.9 cm³/mol. The zero-order valence-electron chi connectivity index (χ0n) is 12.1. The molecule has 0 rings (SSSR count). The van der Waals surface area contributed by atoms with Crippen LogP contribution in [0.2, 0.25) is 0 Å². The fourth-order valence-electron chi connectivity index (χ4n) is 0.362. The van der Waals surface area contributed by atoms with Gasteiger partial charge in [-0.2, -0.15) is 0 Å². The number of nitrogens with one attached hydrogen (secondary N) is 1. The lowest BCUT2D eigenvalue weighted by Crippen LogP contribution is -2.14. The van der Waals surface area contributed by atoms with E-state index in [4.69, 9.17) is 16.3 Å². The summed E-state index contributed by atoms with van der Waals surface area (Å²) >= 11 is 0. The summed E-state index contributed by atoms with van der Waals surface area (Å²) in [5, 5.41) is 10.9. The van der Waals surface area contributed by atoms with Crippen LogP contribution in [0.1, 0.15) is 53.4 Å². The molecule has 0 bridgehead atoms. The van der Waals surface area contributed by atoms with Crippen molar-refractivity contribution in [1.29, 1.82) is 0 Å². The number of hydrogen-bond donors (Lipinski definition) is 2. The van der Waals surface area contributed by atoms with Gasteiger partial charge in [-0.1, -0.05) is 59.8 Å². The van der Waals surface area contributed by atoms with Crippen molar-refractivity contribution < 1.29 is 9.84 Å². The summed E-state index contributed by atoms with van der Waals surface area (Å²) in [6.07, 6.45) is 10.2. The van der Waals surface area contributed by atoms with Gasteiger partial charge in [0.2, 0.25) is 0 Å². The third-order valence-corrected chi connectivity index (χ3v) is 1.71. The molecule has 3 nitrogen and oxygen atoms in total. The van der Waals surface area contributed by atoms with Crippen molar-refractivity contribution in [3.63, 3.8) is 0 Å². The average Bonchev–Trinajstić information content (AvgIpc) is 2.39. The van der Waals surface area contributed by atoms with Crippen molar-refractivity contribution in [2.24, 2.45) is 0 Å². The molecular formula is C14H31NO2. The minimum atomic E-state index is 0.0655. The Balaban J connectivity index is -0.000000205. The maximum Gasteiger partial charge on any atom is 0.0698 e. The number of hydrogen-bond acceptors (Lipinski definition) is 3. The predicted octanol–water partition coefficient (Wildman–Crippen LogP) is 2.79. The second-order valence-electron chi connectivity index (χ2n) is 3.41. The second-order valence-corrected chi connectivity index (χ2v) is 3.41. The highest BCUT2D eigenvalue weighted by Gasteiger charge is 1.82. The van der Waals surface area contributed by atoms with Crippen molar-refractivity contribution in [1.82, 2.24) is 5.32 Å². The standard InChI is InChI=1S/C6H11NO2.2C4H10/c1-2-7-3-5-9-6-4-8;2*1-3-4-2/h1,7-8H,3-6H2;2*3-4H2,1-2H3. The number of ether oxygens (including phenoxy) is 1. The van der Waals surface area contributed by atoms with E-state index in [0.29, 0.717) is 19.8 Å². The molecule has 0 amide bonds. The van der Waals surface area contributed by atoms with Crippen molar-refractivity contribution in [2.75, 3.05) is 26.4 Å². The second kappa shape index (κ2) is 29.5. The van der Waals surface area contributed by atoms with Crippen LogP contribution in [0.4, 0.5) is 0 Å². The van der Waals surface area contributed by atoms with Crippen LogP contribution in [-0.2, 0) is 4.74 Å². The summed E-state index contributed by atoms with van der Waals surface area (Å²) in [6, 6.07) is 2.25. The van der Waals surface area contributed by atoms with Crippen molar-refractivity contribution in [3.05, 3.63) is 0 Å². The van der Waals surface area contributed by atoms with E-state index in [1.807, 2.05) is 0 Å². The smallest absolute Gasteiger partial charge is 0.0698 e. The van der Waals surface area contributed by atoms with Gasteiger partial charge in [-0.25, -0.2) is 0 Å². The van der Waals surface area contributed by atoms with Crippen LogP contribution in [0.5, 0.6) is 0 Å². The van der Waals surface area contributed by atoms with Crippen molar-refractivity contribution >= 4 is 0 Å². The molecule has 0 radical (unpaired) electrons. The first-order valence-corrected chi connectivity index (χ1v) is 6.61. The highest BCUT2D eigenvalue weighted by Crippen LogP contribution is 1.77. The third kappa shape index (κ3) is 50.8.